The monoisotopic (exact) mass is 353 g/mol. The molecule has 138 valence electrons. The fourth-order valence-electron chi connectivity index (χ4n) is 2.69. The van der Waals surface area contributed by atoms with Crippen molar-refractivity contribution in [2.24, 2.45) is 5.16 Å². The normalized spacial score (nSPS) is 11.7. The molecule has 0 amide bonds. The minimum absolute atomic E-state index is 0.495. The van der Waals surface area contributed by atoms with Gasteiger partial charge >= 0.3 is 0 Å². The molecule has 0 aromatic heterocycles. The molecule has 0 aliphatic carbocycles. The highest BCUT2D eigenvalue weighted by Gasteiger charge is 2.08. The van der Waals surface area contributed by atoms with E-state index in [1.165, 1.54) is 0 Å². The first-order valence-electron chi connectivity index (χ1n) is 8.70. The Bertz CT molecular complexity index is 771. The number of hydrogen-bond acceptors (Lipinski definition) is 4. The second kappa shape index (κ2) is 9.66. The average Bonchev–Trinajstić information content (AvgIpc) is 2.62. The van der Waals surface area contributed by atoms with E-state index < -0.39 is 0 Å². The lowest BCUT2D eigenvalue weighted by Crippen LogP contribution is -2.02. The summed E-state index contributed by atoms with van der Waals surface area (Å²) in [5.41, 5.74) is 5.07. The summed E-state index contributed by atoms with van der Waals surface area (Å²) in [6.07, 6.45) is 3.96. The molecule has 26 heavy (non-hydrogen) atoms. The lowest BCUT2D eigenvalue weighted by atomic mass is 10.1. The number of benzene rings is 2. The van der Waals surface area contributed by atoms with Crippen LogP contribution in [-0.2, 0) is 11.4 Å². The Morgan fingerprint density at radius 1 is 1.08 bits per heavy atom. The van der Waals surface area contributed by atoms with Crippen molar-refractivity contribution >= 4 is 5.71 Å². The molecule has 2 rings (SSSR count). The van der Waals surface area contributed by atoms with Gasteiger partial charge in [0.1, 0.15) is 31.8 Å². The van der Waals surface area contributed by atoms with Gasteiger partial charge in [0.15, 0.2) is 0 Å². The van der Waals surface area contributed by atoms with E-state index in [1.54, 1.807) is 7.11 Å². The fourth-order valence-corrected chi connectivity index (χ4v) is 2.69. The van der Waals surface area contributed by atoms with Crippen molar-refractivity contribution in [2.75, 3.05) is 13.7 Å². The topological polar surface area (TPSA) is 40.0 Å². The minimum Gasteiger partial charge on any atom is -0.490 e. The maximum atomic E-state index is 6.09. The van der Waals surface area contributed by atoms with Crippen molar-refractivity contribution in [3.63, 3.8) is 0 Å². The largest absolute Gasteiger partial charge is 0.490 e. The quantitative estimate of drug-likeness (QED) is 0.372. The van der Waals surface area contributed by atoms with Gasteiger partial charge in [-0.2, -0.15) is 0 Å². The van der Waals surface area contributed by atoms with Gasteiger partial charge in [-0.3, -0.25) is 0 Å². The maximum absolute atomic E-state index is 6.09. The molecule has 0 radical (unpaired) electrons. The molecule has 0 saturated heterocycles. The summed E-state index contributed by atoms with van der Waals surface area (Å²) in [6.45, 7) is 9.05. The number of nitrogens with zero attached hydrogens (tertiary/aromatic N) is 1. The molecule has 4 nitrogen and oxygen atoms in total. The predicted molar refractivity (Wildman–Crippen MR) is 106 cm³/mol. The maximum Gasteiger partial charge on any atom is 0.125 e. The number of rotatable bonds is 8. The summed E-state index contributed by atoms with van der Waals surface area (Å²) in [5, 5.41) is 3.98. The van der Waals surface area contributed by atoms with Gasteiger partial charge in [-0.25, -0.2) is 0 Å². The van der Waals surface area contributed by atoms with Crippen LogP contribution in [0.1, 0.15) is 36.1 Å². The molecule has 0 saturated carbocycles. The van der Waals surface area contributed by atoms with Crippen LogP contribution in [0.25, 0.3) is 0 Å². The summed E-state index contributed by atoms with van der Waals surface area (Å²) in [4.78, 5) is 4.85. The van der Waals surface area contributed by atoms with Crippen LogP contribution in [0.4, 0.5) is 0 Å². The first-order chi connectivity index (χ1) is 12.5. The van der Waals surface area contributed by atoms with Gasteiger partial charge in [-0.05, 0) is 68.1 Å². The van der Waals surface area contributed by atoms with E-state index in [0.29, 0.717) is 13.2 Å². The van der Waals surface area contributed by atoms with Gasteiger partial charge in [0.25, 0.3) is 0 Å². The lowest BCUT2D eigenvalue weighted by molar-refractivity contribution is 0.213. The number of aryl methyl sites for hydroxylation is 2. The van der Waals surface area contributed by atoms with Crippen molar-refractivity contribution in [3.05, 3.63) is 70.8 Å². The lowest BCUT2D eigenvalue weighted by Gasteiger charge is -2.15. The zero-order valence-electron chi connectivity index (χ0n) is 16.2. The number of oxime groups is 1. The second-order valence-corrected chi connectivity index (χ2v) is 6.11. The fraction of sp³-hybridized carbons (Fsp3) is 0.318. The number of allylic oxidation sites excluding steroid dienone is 1. The molecule has 2 aromatic carbocycles. The Balaban J connectivity index is 2.10. The summed E-state index contributed by atoms with van der Waals surface area (Å²) in [6, 6.07) is 12.1. The molecule has 0 fully saturated rings. The highest BCUT2D eigenvalue weighted by molar-refractivity contribution is 5.98. The molecule has 4 heteroatoms. The summed E-state index contributed by atoms with van der Waals surface area (Å²) in [5.74, 6) is 1.76. The molecule has 0 unspecified atom stereocenters. The predicted octanol–water partition coefficient (Wildman–Crippen LogP) is 5.21. The van der Waals surface area contributed by atoms with Crippen LogP contribution in [0.5, 0.6) is 11.5 Å². The van der Waals surface area contributed by atoms with Gasteiger partial charge in [0, 0.05) is 0 Å². The van der Waals surface area contributed by atoms with Crippen LogP contribution in [0, 0.1) is 13.8 Å². The molecule has 0 N–H and O–H groups in total. The first kappa shape index (κ1) is 19.6. The average molecular weight is 353 g/mol. The molecular formula is C22H27NO3. The Morgan fingerprint density at radius 3 is 2.46 bits per heavy atom. The summed E-state index contributed by atoms with van der Waals surface area (Å²) < 4.78 is 11.8. The Morgan fingerprint density at radius 2 is 1.81 bits per heavy atom. The molecule has 0 spiro atoms. The molecule has 0 atom stereocenters. The third-order valence-corrected chi connectivity index (χ3v) is 3.97. The zero-order chi connectivity index (χ0) is 18.9. The zero-order valence-corrected chi connectivity index (χ0v) is 16.2. The minimum atomic E-state index is 0.495. The van der Waals surface area contributed by atoms with E-state index in [-0.39, 0.29) is 0 Å². The molecule has 0 aliphatic rings. The second-order valence-electron chi connectivity index (χ2n) is 6.11. The van der Waals surface area contributed by atoms with Crippen LogP contribution in [0.2, 0.25) is 0 Å². The van der Waals surface area contributed by atoms with Crippen LogP contribution < -0.4 is 9.47 Å². The first-order valence-corrected chi connectivity index (χ1v) is 8.70. The smallest absolute Gasteiger partial charge is 0.125 e. The van der Waals surface area contributed by atoms with Crippen molar-refractivity contribution in [1.82, 2.24) is 0 Å². The standard InChI is InChI=1S/C22H27NO3/c1-6-7-11-25-21-12-16(2)22(17(3)13-21)26-15-19-9-8-10-20(14-19)18(4)23-24-5/h6-10,12-14H,11,15H2,1-5H3/b7-6+,23-18+. The van der Waals surface area contributed by atoms with Crippen LogP contribution in [-0.4, -0.2) is 19.4 Å². The van der Waals surface area contributed by atoms with Crippen molar-refractivity contribution in [1.29, 1.82) is 0 Å². The van der Waals surface area contributed by atoms with Crippen LogP contribution in [0.15, 0.2) is 53.7 Å². The van der Waals surface area contributed by atoms with E-state index in [4.69, 9.17) is 14.3 Å². The van der Waals surface area contributed by atoms with E-state index in [2.05, 4.69) is 11.2 Å². The van der Waals surface area contributed by atoms with Crippen molar-refractivity contribution in [2.45, 2.75) is 34.3 Å². The van der Waals surface area contributed by atoms with Gasteiger partial charge in [-0.15, -0.1) is 0 Å². The Kier molecular flexibility index (Phi) is 7.27. The Labute approximate surface area is 156 Å². The van der Waals surface area contributed by atoms with E-state index >= 15 is 0 Å². The Hall–Kier alpha value is -2.75. The van der Waals surface area contributed by atoms with Gasteiger partial charge < -0.3 is 14.3 Å². The van der Waals surface area contributed by atoms with E-state index in [9.17, 15) is 0 Å². The van der Waals surface area contributed by atoms with Crippen molar-refractivity contribution in [3.8, 4) is 11.5 Å². The summed E-state index contributed by atoms with van der Waals surface area (Å²) >= 11 is 0. The number of hydrogen-bond donors (Lipinski definition) is 0. The SMILES string of the molecule is C/C=C/COc1cc(C)c(OCc2cccc(/C(C)=N/OC)c2)c(C)c1. The van der Waals surface area contributed by atoms with Crippen LogP contribution >= 0.6 is 0 Å². The van der Waals surface area contributed by atoms with Gasteiger partial charge in [0.05, 0.1) is 5.71 Å². The molecular weight excluding hydrogens is 326 g/mol. The van der Waals surface area contributed by atoms with E-state index in [1.807, 2.05) is 70.2 Å². The number of ether oxygens (including phenoxy) is 2. The van der Waals surface area contributed by atoms with Crippen LogP contribution in [0.3, 0.4) is 0 Å². The third kappa shape index (κ3) is 5.38. The van der Waals surface area contributed by atoms with Crippen molar-refractivity contribution < 1.29 is 14.3 Å². The van der Waals surface area contributed by atoms with E-state index in [0.717, 1.165) is 39.5 Å². The molecule has 0 heterocycles. The highest BCUT2D eigenvalue weighted by Crippen LogP contribution is 2.29. The highest BCUT2D eigenvalue weighted by atomic mass is 16.6. The van der Waals surface area contributed by atoms with Gasteiger partial charge in [-0.1, -0.05) is 35.5 Å². The third-order valence-electron chi connectivity index (χ3n) is 3.97. The summed E-state index contributed by atoms with van der Waals surface area (Å²) in [7, 11) is 1.55. The molecule has 0 aliphatic heterocycles. The molecule has 0 bridgehead atoms. The van der Waals surface area contributed by atoms with Gasteiger partial charge in [0.2, 0.25) is 0 Å². The molecule has 2 aromatic rings.